The van der Waals surface area contributed by atoms with E-state index in [4.69, 9.17) is 5.11 Å². The highest BCUT2D eigenvalue weighted by atomic mass is 16.4. The topological polar surface area (TPSA) is 57.5 Å². The smallest absolute Gasteiger partial charge is 0.309 e. The summed E-state index contributed by atoms with van der Waals surface area (Å²) in [6, 6.07) is 0. The minimum Gasteiger partial charge on any atom is -0.481 e. The fourth-order valence-electron chi connectivity index (χ4n) is 2.25. The predicted molar refractivity (Wildman–Crippen MR) is 70.0 cm³/mol. The van der Waals surface area contributed by atoms with E-state index in [1.807, 2.05) is 6.92 Å². The van der Waals surface area contributed by atoms with Crippen LogP contribution in [0.15, 0.2) is 0 Å². The fourth-order valence-corrected chi connectivity index (χ4v) is 2.25. The van der Waals surface area contributed by atoms with E-state index in [2.05, 4.69) is 6.92 Å². The number of hydrogen-bond donors (Lipinski definition) is 2. The van der Waals surface area contributed by atoms with Crippen LogP contribution in [0.3, 0.4) is 0 Å². The van der Waals surface area contributed by atoms with Gasteiger partial charge in [-0.15, -0.1) is 0 Å². The number of carboxylic acids is 1. The average Bonchev–Trinajstić information content (AvgIpc) is 2.24. The van der Waals surface area contributed by atoms with Crippen LogP contribution in [0.5, 0.6) is 0 Å². The third-order valence-electron chi connectivity index (χ3n) is 3.41. The summed E-state index contributed by atoms with van der Waals surface area (Å²) in [4.78, 5) is 11.1. The van der Waals surface area contributed by atoms with E-state index < -0.39 is 17.5 Å². The first-order chi connectivity index (χ1) is 7.95. The summed E-state index contributed by atoms with van der Waals surface area (Å²) in [5.41, 5.74) is -1.06. The van der Waals surface area contributed by atoms with Crippen LogP contribution in [0.4, 0.5) is 0 Å². The lowest BCUT2D eigenvalue weighted by Crippen LogP contribution is -2.39. The van der Waals surface area contributed by atoms with Crippen molar-refractivity contribution in [3.63, 3.8) is 0 Å². The van der Waals surface area contributed by atoms with Gasteiger partial charge >= 0.3 is 5.97 Å². The molecule has 0 saturated heterocycles. The van der Waals surface area contributed by atoms with Crippen LogP contribution >= 0.6 is 0 Å². The Morgan fingerprint density at radius 1 is 1.12 bits per heavy atom. The summed E-state index contributed by atoms with van der Waals surface area (Å²) < 4.78 is 0. The van der Waals surface area contributed by atoms with Crippen LogP contribution in [0, 0.1) is 5.92 Å². The van der Waals surface area contributed by atoms with E-state index in [0.29, 0.717) is 12.8 Å². The van der Waals surface area contributed by atoms with Crippen LogP contribution in [0.25, 0.3) is 0 Å². The van der Waals surface area contributed by atoms with Crippen LogP contribution in [0.2, 0.25) is 0 Å². The van der Waals surface area contributed by atoms with E-state index >= 15 is 0 Å². The quantitative estimate of drug-likeness (QED) is 0.577. The second-order valence-corrected chi connectivity index (χ2v) is 5.20. The first kappa shape index (κ1) is 16.4. The molecule has 0 fully saturated rings. The van der Waals surface area contributed by atoms with Gasteiger partial charge in [-0.05, 0) is 19.8 Å². The van der Waals surface area contributed by atoms with Gasteiger partial charge in [-0.3, -0.25) is 4.79 Å². The van der Waals surface area contributed by atoms with Crippen molar-refractivity contribution in [3.05, 3.63) is 0 Å². The summed E-state index contributed by atoms with van der Waals surface area (Å²) in [5, 5.41) is 19.4. The second-order valence-electron chi connectivity index (χ2n) is 5.20. The lowest BCUT2D eigenvalue weighted by molar-refractivity contribution is -0.152. The summed E-state index contributed by atoms with van der Waals surface area (Å²) in [5.74, 6) is -1.50. The monoisotopic (exact) mass is 244 g/mol. The molecular formula is C14H28O3. The van der Waals surface area contributed by atoms with E-state index in [0.717, 1.165) is 19.3 Å². The zero-order valence-electron chi connectivity index (χ0n) is 11.5. The highest BCUT2D eigenvalue weighted by Gasteiger charge is 2.35. The summed E-state index contributed by atoms with van der Waals surface area (Å²) >= 11 is 0. The first-order valence-electron chi connectivity index (χ1n) is 6.90. The lowest BCUT2D eigenvalue weighted by atomic mass is 9.82. The number of unbranched alkanes of at least 4 members (excludes halogenated alkanes) is 4. The molecule has 0 aliphatic rings. The van der Waals surface area contributed by atoms with E-state index in [-0.39, 0.29) is 0 Å². The van der Waals surface area contributed by atoms with Crippen LogP contribution in [-0.2, 0) is 4.79 Å². The van der Waals surface area contributed by atoms with Crippen LogP contribution in [-0.4, -0.2) is 21.8 Å². The van der Waals surface area contributed by atoms with Crippen LogP contribution < -0.4 is 0 Å². The first-order valence-corrected chi connectivity index (χ1v) is 6.90. The molecule has 2 unspecified atom stereocenters. The summed E-state index contributed by atoms with van der Waals surface area (Å²) in [6.07, 6.45) is 7.54. The summed E-state index contributed by atoms with van der Waals surface area (Å²) in [6.45, 7) is 5.78. The Morgan fingerprint density at radius 3 is 2.18 bits per heavy atom. The maximum absolute atomic E-state index is 11.1. The summed E-state index contributed by atoms with van der Waals surface area (Å²) in [7, 11) is 0. The van der Waals surface area contributed by atoms with Gasteiger partial charge in [0.25, 0.3) is 0 Å². The Balaban J connectivity index is 4.08. The van der Waals surface area contributed by atoms with Crippen LogP contribution in [0.1, 0.15) is 72.1 Å². The lowest BCUT2D eigenvalue weighted by Gasteiger charge is -2.30. The van der Waals surface area contributed by atoms with Gasteiger partial charge in [0.1, 0.15) is 0 Å². The van der Waals surface area contributed by atoms with Crippen molar-refractivity contribution in [2.45, 2.75) is 77.7 Å². The standard InChI is InChI=1S/C14H28O3/c1-4-6-7-8-9-11-14(3,17)12(10-5-2)13(15)16/h12,17H,4-11H2,1-3H3,(H,15,16). The van der Waals surface area contributed by atoms with Gasteiger partial charge in [0, 0.05) is 0 Å². The highest BCUT2D eigenvalue weighted by molar-refractivity contribution is 5.71. The van der Waals surface area contributed by atoms with Gasteiger partial charge in [0.2, 0.25) is 0 Å². The number of carbonyl (C=O) groups is 1. The molecule has 17 heavy (non-hydrogen) atoms. The van der Waals surface area contributed by atoms with Crippen molar-refractivity contribution >= 4 is 5.97 Å². The Kier molecular flexibility index (Phi) is 8.23. The highest BCUT2D eigenvalue weighted by Crippen LogP contribution is 2.28. The number of aliphatic carboxylic acids is 1. The largest absolute Gasteiger partial charge is 0.481 e. The predicted octanol–water partition coefficient (Wildman–Crippen LogP) is 3.60. The molecule has 0 amide bonds. The van der Waals surface area contributed by atoms with E-state index in [9.17, 15) is 9.90 Å². The molecule has 0 aliphatic heterocycles. The molecule has 0 aliphatic carbocycles. The maximum atomic E-state index is 11.1. The molecule has 0 bridgehead atoms. The molecule has 0 spiro atoms. The molecule has 3 nitrogen and oxygen atoms in total. The van der Waals surface area contributed by atoms with Crippen molar-refractivity contribution in [2.24, 2.45) is 5.92 Å². The van der Waals surface area contributed by atoms with Gasteiger partial charge in [0.15, 0.2) is 0 Å². The van der Waals surface area contributed by atoms with E-state index in [1.165, 1.54) is 19.3 Å². The Bertz CT molecular complexity index is 212. The zero-order chi connectivity index (χ0) is 13.3. The van der Waals surface area contributed by atoms with Gasteiger partial charge in [0.05, 0.1) is 11.5 Å². The molecule has 2 atom stereocenters. The molecule has 0 aromatic heterocycles. The molecule has 102 valence electrons. The van der Waals surface area contributed by atoms with Gasteiger partial charge in [-0.1, -0.05) is 52.4 Å². The van der Waals surface area contributed by atoms with Crippen molar-refractivity contribution in [1.82, 2.24) is 0 Å². The van der Waals surface area contributed by atoms with Crippen molar-refractivity contribution in [1.29, 1.82) is 0 Å². The molecule has 0 rings (SSSR count). The molecule has 0 aromatic rings. The third-order valence-corrected chi connectivity index (χ3v) is 3.41. The van der Waals surface area contributed by atoms with E-state index in [1.54, 1.807) is 6.92 Å². The molecule has 0 saturated carbocycles. The maximum Gasteiger partial charge on any atom is 0.309 e. The molecule has 3 heteroatoms. The number of aliphatic hydroxyl groups is 1. The van der Waals surface area contributed by atoms with Crippen molar-refractivity contribution in [3.8, 4) is 0 Å². The van der Waals surface area contributed by atoms with Gasteiger partial charge in [-0.25, -0.2) is 0 Å². The van der Waals surface area contributed by atoms with Gasteiger partial charge in [-0.2, -0.15) is 0 Å². The minimum absolute atomic E-state index is 0.553. The SMILES string of the molecule is CCCCCCCC(C)(O)C(CCC)C(=O)O. The Hall–Kier alpha value is -0.570. The number of rotatable bonds is 10. The minimum atomic E-state index is -1.06. The average molecular weight is 244 g/mol. The molecule has 2 N–H and O–H groups in total. The fraction of sp³-hybridized carbons (Fsp3) is 0.929. The molecule has 0 radical (unpaired) electrons. The molecule has 0 aromatic carbocycles. The van der Waals surface area contributed by atoms with Crippen molar-refractivity contribution in [2.75, 3.05) is 0 Å². The normalized spacial score (nSPS) is 16.5. The van der Waals surface area contributed by atoms with Gasteiger partial charge < -0.3 is 10.2 Å². The zero-order valence-corrected chi connectivity index (χ0v) is 11.5. The third kappa shape index (κ3) is 6.67. The second kappa shape index (κ2) is 8.51. The Morgan fingerprint density at radius 2 is 1.71 bits per heavy atom. The van der Waals surface area contributed by atoms with Crippen molar-refractivity contribution < 1.29 is 15.0 Å². The number of hydrogen-bond acceptors (Lipinski definition) is 2. The molecular weight excluding hydrogens is 216 g/mol. The Labute approximate surface area is 105 Å². The number of carboxylic acid groups (broad SMARTS) is 1. The molecule has 0 heterocycles.